The van der Waals surface area contributed by atoms with E-state index in [1.54, 1.807) is 24.3 Å². The summed E-state index contributed by atoms with van der Waals surface area (Å²) in [5, 5.41) is 9.09. The number of benzene rings is 2. The van der Waals surface area contributed by atoms with Gasteiger partial charge in [-0.1, -0.05) is 41.4 Å². The fraction of sp³-hybridized carbons (Fsp3) is 0. The third-order valence-electron chi connectivity index (χ3n) is 2.34. The van der Waals surface area contributed by atoms with E-state index < -0.39 is 5.82 Å². The highest BCUT2D eigenvalue weighted by Gasteiger charge is 2.11. The third-order valence-corrected chi connectivity index (χ3v) is 2.94. The van der Waals surface area contributed by atoms with E-state index >= 15 is 0 Å². The highest BCUT2D eigenvalue weighted by atomic mass is 35.5. The molecule has 0 aliphatic carbocycles. The van der Waals surface area contributed by atoms with Crippen molar-refractivity contribution in [3.8, 4) is 17.2 Å². The van der Waals surface area contributed by atoms with Gasteiger partial charge in [0.1, 0.15) is 5.82 Å². The number of rotatable bonds is 1. The Morgan fingerprint density at radius 1 is 1.00 bits per heavy atom. The molecule has 1 nitrogen and oxygen atoms in total. The highest BCUT2D eigenvalue weighted by Crippen LogP contribution is 2.32. The van der Waals surface area contributed by atoms with Gasteiger partial charge in [0.05, 0.1) is 16.7 Å². The van der Waals surface area contributed by atoms with Crippen LogP contribution >= 0.6 is 23.2 Å². The molecule has 0 radical (unpaired) electrons. The first kappa shape index (κ1) is 11.9. The van der Waals surface area contributed by atoms with E-state index in [-0.39, 0.29) is 5.02 Å². The molecule has 0 saturated carbocycles. The van der Waals surface area contributed by atoms with E-state index in [2.05, 4.69) is 0 Å². The minimum atomic E-state index is -0.513. The Labute approximate surface area is 108 Å². The van der Waals surface area contributed by atoms with Gasteiger partial charge >= 0.3 is 0 Å². The number of nitriles is 1. The first-order valence-electron chi connectivity index (χ1n) is 4.77. The second-order valence-corrected chi connectivity index (χ2v) is 4.22. The van der Waals surface area contributed by atoms with Crippen molar-refractivity contribution >= 4 is 23.2 Å². The minimum absolute atomic E-state index is 0.0444. The molecule has 0 spiro atoms. The van der Waals surface area contributed by atoms with Crippen molar-refractivity contribution in [2.75, 3.05) is 0 Å². The van der Waals surface area contributed by atoms with Gasteiger partial charge in [-0.05, 0) is 18.2 Å². The Morgan fingerprint density at radius 2 is 1.76 bits per heavy atom. The molecule has 0 unspecified atom stereocenters. The van der Waals surface area contributed by atoms with Gasteiger partial charge in [0, 0.05) is 16.1 Å². The summed E-state index contributed by atoms with van der Waals surface area (Å²) in [6.45, 7) is 0. The van der Waals surface area contributed by atoms with E-state index in [0.29, 0.717) is 21.7 Å². The molecule has 2 aromatic carbocycles. The predicted molar refractivity (Wildman–Crippen MR) is 66.6 cm³/mol. The maximum Gasteiger partial charge on any atom is 0.149 e. The maximum absolute atomic E-state index is 13.8. The molecule has 0 atom stereocenters. The zero-order chi connectivity index (χ0) is 12.4. The van der Waals surface area contributed by atoms with Crippen LogP contribution in [-0.2, 0) is 0 Å². The van der Waals surface area contributed by atoms with Crippen LogP contribution in [-0.4, -0.2) is 0 Å². The van der Waals surface area contributed by atoms with Gasteiger partial charge in [-0.25, -0.2) is 4.39 Å². The van der Waals surface area contributed by atoms with Gasteiger partial charge in [0.2, 0.25) is 0 Å². The fourth-order valence-electron chi connectivity index (χ4n) is 1.51. The molecule has 0 heterocycles. The van der Waals surface area contributed by atoms with E-state index in [1.807, 2.05) is 6.07 Å². The Morgan fingerprint density at radius 3 is 2.41 bits per heavy atom. The zero-order valence-electron chi connectivity index (χ0n) is 8.55. The molecule has 17 heavy (non-hydrogen) atoms. The Hall–Kier alpha value is -1.56. The Kier molecular flexibility index (Phi) is 3.33. The standard InChI is InChI=1S/C13H6Cl2FN/c14-11-3-1-2-10(13(11)16)9-5-4-8(7-17)6-12(9)15/h1-6H. The normalized spacial score (nSPS) is 10.0. The van der Waals surface area contributed by atoms with Crippen molar-refractivity contribution in [1.82, 2.24) is 0 Å². The lowest BCUT2D eigenvalue weighted by molar-refractivity contribution is 0.632. The molecule has 0 saturated heterocycles. The number of hydrogen-bond acceptors (Lipinski definition) is 1. The van der Waals surface area contributed by atoms with Gasteiger partial charge in [-0.2, -0.15) is 5.26 Å². The first-order chi connectivity index (χ1) is 8.13. The summed E-state index contributed by atoms with van der Waals surface area (Å²) in [5.41, 5.74) is 1.28. The summed E-state index contributed by atoms with van der Waals surface area (Å²) in [4.78, 5) is 0. The summed E-state index contributed by atoms with van der Waals surface area (Å²) >= 11 is 11.7. The number of halogens is 3. The molecule has 0 amide bonds. The van der Waals surface area contributed by atoms with E-state index in [0.717, 1.165) is 0 Å². The van der Waals surface area contributed by atoms with E-state index in [9.17, 15) is 4.39 Å². The van der Waals surface area contributed by atoms with E-state index in [4.69, 9.17) is 28.5 Å². The highest BCUT2D eigenvalue weighted by molar-refractivity contribution is 6.34. The molecular weight excluding hydrogens is 260 g/mol. The Balaban J connectivity index is 2.62. The van der Waals surface area contributed by atoms with Crippen LogP contribution in [0.2, 0.25) is 10.0 Å². The topological polar surface area (TPSA) is 23.8 Å². The Bertz CT molecular complexity index is 617. The van der Waals surface area contributed by atoms with Crippen LogP contribution in [0.4, 0.5) is 4.39 Å². The summed E-state index contributed by atoms with van der Waals surface area (Å²) in [7, 11) is 0. The summed E-state index contributed by atoms with van der Waals surface area (Å²) in [5.74, 6) is -0.513. The van der Waals surface area contributed by atoms with Gasteiger partial charge < -0.3 is 0 Å². The zero-order valence-corrected chi connectivity index (χ0v) is 10.1. The third kappa shape index (κ3) is 2.26. The van der Waals surface area contributed by atoms with Crippen LogP contribution in [0.1, 0.15) is 5.56 Å². The van der Waals surface area contributed by atoms with Crippen molar-refractivity contribution in [3.63, 3.8) is 0 Å². The molecule has 0 aliphatic heterocycles. The lowest BCUT2D eigenvalue weighted by Gasteiger charge is -2.07. The van der Waals surface area contributed by atoms with Crippen LogP contribution in [0.5, 0.6) is 0 Å². The van der Waals surface area contributed by atoms with Crippen LogP contribution < -0.4 is 0 Å². The second kappa shape index (κ2) is 4.75. The molecule has 0 bridgehead atoms. The quantitative estimate of drug-likeness (QED) is 0.735. The van der Waals surface area contributed by atoms with Crippen LogP contribution in [0.25, 0.3) is 11.1 Å². The molecule has 0 aromatic heterocycles. The molecule has 2 aromatic rings. The van der Waals surface area contributed by atoms with Gasteiger partial charge in [-0.15, -0.1) is 0 Å². The number of hydrogen-bond donors (Lipinski definition) is 0. The summed E-state index contributed by atoms with van der Waals surface area (Å²) in [6, 6.07) is 11.4. The van der Waals surface area contributed by atoms with Crippen molar-refractivity contribution < 1.29 is 4.39 Å². The molecule has 4 heteroatoms. The van der Waals surface area contributed by atoms with Gasteiger partial charge in [0.25, 0.3) is 0 Å². The van der Waals surface area contributed by atoms with E-state index in [1.165, 1.54) is 12.1 Å². The largest absolute Gasteiger partial charge is 0.205 e. The molecule has 0 fully saturated rings. The molecular formula is C13H6Cl2FN. The lowest BCUT2D eigenvalue weighted by atomic mass is 10.0. The minimum Gasteiger partial charge on any atom is -0.205 e. The molecule has 0 aliphatic rings. The smallest absolute Gasteiger partial charge is 0.149 e. The summed E-state index contributed by atoms with van der Waals surface area (Å²) in [6.07, 6.45) is 0. The molecule has 0 N–H and O–H groups in total. The fourth-order valence-corrected chi connectivity index (χ4v) is 1.97. The number of nitrogens with zero attached hydrogens (tertiary/aromatic N) is 1. The second-order valence-electron chi connectivity index (χ2n) is 3.41. The van der Waals surface area contributed by atoms with Crippen molar-refractivity contribution in [1.29, 1.82) is 5.26 Å². The predicted octanol–water partition coefficient (Wildman–Crippen LogP) is 4.67. The average molecular weight is 266 g/mol. The van der Waals surface area contributed by atoms with Crippen molar-refractivity contribution in [2.24, 2.45) is 0 Å². The maximum atomic E-state index is 13.8. The monoisotopic (exact) mass is 265 g/mol. The van der Waals surface area contributed by atoms with Crippen LogP contribution in [0, 0.1) is 17.1 Å². The van der Waals surface area contributed by atoms with Crippen LogP contribution in [0.15, 0.2) is 36.4 Å². The molecule has 84 valence electrons. The van der Waals surface area contributed by atoms with Gasteiger partial charge in [0.15, 0.2) is 0 Å². The molecule has 2 rings (SSSR count). The van der Waals surface area contributed by atoms with Crippen LogP contribution in [0.3, 0.4) is 0 Å². The lowest BCUT2D eigenvalue weighted by Crippen LogP contribution is -1.87. The van der Waals surface area contributed by atoms with Crippen molar-refractivity contribution in [3.05, 3.63) is 57.8 Å². The first-order valence-corrected chi connectivity index (χ1v) is 5.53. The van der Waals surface area contributed by atoms with Gasteiger partial charge in [-0.3, -0.25) is 0 Å². The average Bonchev–Trinajstić information content (AvgIpc) is 2.33. The SMILES string of the molecule is N#Cc1ccc(-c2cccc(Cl)c2F)c(Cl)c1. The summed E-state index contributed by atoms with van der Waals surface area (Å²) < 4.78 is 13.8. The van der Waals surface area contributed by atoms with Crippen molar-refractivity contribution in [2.45, 2.75) is 0 Å².